The predicted octanol–water partition coefficient (Wildman–Crippen LogP) is 1.50. The van der Waals surface area contributed by atoms with E-state index in [2.05, 4.69) is 11.9 Å². The summed E-state index contributed by atoms with van der Waals surface area (Å²) in [7, 11) is -1.49. The molecule has 0 saturated carbocycles. The molecule has 2 N–H and O–H groups in total. The molecule has 0 aliphatic rings. The van der Waals surface area contributed by atoms with Gasteiger partial charge in [-0.1, -0.05) is 39.0 Å². The van der Waals surface area contributed by atoms with Crippen LogP contribution in [0.1, 0.15) is 45.4 Å². The maximum Gasteiger partial charge on any atom is 0.490 e. The molecule has 0 amide bonds. The van der Waals surface area contributed by atoms with Gasteiger partial charge in [0, 0.05) is 11.7 Å². The zero-order valence-electron chi connectivity index (χ0n) is 11.0. The smallest absolute Gasteiger partial charge is 0.490 e. The maximum absolute atomic E-state index is 9.00. The molecule has 4 nitrogen and oxygen atoms in total. The summed E-state index contributed by atoms with van der Waals surface area (Å²) in [6, 6.07) is 1.61. The van der Waals surface area contributed by atoms with Crippen molar-refractivity contribution in [1.82, 2.24) is 4.98 Å². The van der Waals surface area contributed by atoms with E-state index in [1.54, 1.807) is 12.3 Å². The third-order valence-corrected chi connectivity index (χ3v) is 2.80. The van der Waals surface area contributed by atoms with Crippen LogP contribution in [-0.4, -0.2) is 28.8 Å². The molecule has 18 heavy (non-hydrogen) atoms. The Labute approximate surface area is 109 Å². The topological polar surface area (TPSA) is 62.6 Å². The fourth-order valence-corrected chi connectivity index (χ4v) is 1.73. The minimum Gasteiger partial charge on any atom is -0.492 e. The van der Waals surface area contributed by atoms with Gasteiger partial charge in [0.05, 0.1) is 12.8 Å². The van der Waals surface area contributed by atoms with E-state index in [9.17, 15) is 0 Å². The van der Waals surface area contributed by atoms with Gasteiger partial charge in [-0.2, -0.15) is 0 Å². The van der Waals surface area contributed by atoms with Crippen LogP contribution in [0, 0.1) is 0 Å². The third kappa shape index (κ3) is 6.03. The first-order valence-corrected chi connectivity index (χ1v) is 6.68. The maximum atomic E-state index is 9.00. The molecule has 0 radical (unpaired) electrons. The van der Waals surface area contributed by atoms with Gasteiger partial charge in [-0.15, -0.1) is 0 Å². The second-order valence-electron chi connectivity index (χ2n) is 4.44. The molecule has 100 valence electrons. The number of hydrogen-bond donors (Lipinski definition) is 2. The van der Waals surface area contributed by atoms with E-state index < -0.39 is 7.12 Å². The van der Waals surface area contributed by atoms with Gasteiger partial charge in [-0.05, 0) is 12.5 Å². The highest BCUT2D eigenvalue weighted by molar-refractivity contribution is 6.58. The van der Waals surface area contributed by atoms with Crippen molar-refractivity contribution >= 4 is 12.6 Å². The van der Waals surface area contributed by atoms with Crippen molar-refractivity contribution in [3.63, 3.8) is 0 Å². The number of aromatic nitrogens is 1. The fraction of sp³-hybridized carbons (Fsp3) is 0.615. The standard InChI is InChI=1S/C13H22BNO3/c1-2-3-4-5-6-7-8-18-13-9-12(14(16)17)10-15-11-13/h9-11,16-17H,2-8H2,1H3. The SMILES string of the molecule is CCCCCCCCOc1cncc(B(O)O)c1. The van der Waals surface area contributed by atoms with Crippen molar-refractivity contribution in [2.24, 2.45) is 0 Å². The Morgan fingerprint density at radius 1 is 1.11 bits per heavy atom. The molecule has 1 heterocycles. The zero-order chi connectivity index (χ0) is 13.2. The largest absolute Gasteiger partial charge is 0.492 e. The quantitative estimate of drug-likeness (QED) is 0.515. The third-order valence-electron chi connectivity index (χ3n) is 2.80. The van der Waals surface area contributed by atoms with Crippen LogP contribution in [0.5, 0.6) is 5.75 Å². The van der Waals surface area contributed by atoms with Crippen LogP contribution in [0.2, 0.25) is 0 Å². The molecule has 0 spiro atoms. The molecule has 0 unspecified atom stereocenters. The molecule has 1 aromatic rings. The Balaban J connectivity index is 2.17. The van der Waals surface area contributed by atoms with Crippen molar-refractivity contribution in [3.8, 4) is 5.75 Å². The van der Waals surface area contributed by atoms with E-state index in [4.69, 9.17) is 14.8 Å². The van der Waals surface area contributed by atoms with Gasteiger partial charge in [0.2, 0.25) is 0 Å². The monoisotopic (exact) mass is 251 g/mol. The Morgan fingerprint density at radius 3 is 2.56 bits per heavy atom. The predicted molar refractivity (Wildman–Crippen MR) is 72.9 cm³/mol. The summed E-state index contributed by atoms with van der Waals surface area (Å²) in [6.07, 6.45) is 10.3. The summed E-state index contributed by atoms with van der Waals surface area (Å²) in [5, 5.41) is 18.0. The Morgan fingerprint density at radius 2 is 1.83 bits per heavy atom. The average molecular weight is 251 g/mol. The number of nitrogens with zero attached hydrogens (tertiary/aromatic N) is 1. The zero-order valence-corrected chi connectivity index (χ0v) is 11.0. The van der Waals surface area contributed by atoms with Crippen molar-refractivity contribution in [2.75, 3.05) is 6.61 Å². The van der Waals surface area contributed by atoms with Crippen molar-refractivity contribution in [2.45, 2.75) is 45.4 Å². The lowest BCUT2D eigenvalue weighted by Gasteiger charge is -2.07. The first-order valence-electron chi connectivity index (χ1n) is 6.68. The van der Waals surface area contributed by atoms with Gasteiger partial charge < -0.3 is 14.8 Å². The van der Waals surface area contributed by atoms with E-state index in [1.807, 2.05) is 0 Å². The van der Waals surface area contributed by atoms with Crippen LogP contribution in [0.3, 0.4) is 0 Å². The van der Waals surface area contributed by atoms with Crippen LogP contribution in [0.15, 0.2) is 18.5 Å². The minimum absolute atomic E-state index is 0.357. The number of rotatable bonds is 9. The molecule has 0 saturated heterocycles. The first kappa shape index (κ1) is 15.0. The molecule has 0 aromatic carbocycles. The van der Waals surface area contributed by atoms with Crippen molar-refractivity contribution in [1.29, 1.82) is 0 Å². The van der Waals surface area contributed by atoms with Gasteiger partial charge in [0.25, 0.3) is 0 Å². The summed E-state index contributed by atoms with van der Waals surface area (Å²) < 4.78 is 5.52. The molecule has 5 heteroatoms. The van der Waals surface area contributed by atoms with E-state index in [0.29, 0.717) is 17.8 Å². The lowest BCUT2D eigenvalue weighted by molar-refractivity contribution is 0.303. The normalized spacial score (nSPS) is 10.4. The van der Waals surface area contributed by atoms with Crippen LogP contribution >= 0.6 is 0 Å². The summed E-state index contributed by atoms with van der Waals surface area (Å²) in [5.74, 6) is 0.592. The van der Waals surface area contributed by atoms with E-state index in [1.165, 1.54) is 38.3 Å². The number of pyridine rings is 1. The fourth-order valence-electron chi connectivity index (χ4n) is 1.73. The van der Waals surface area contributed by atoms with Gasteiger partial charge in [-0.3, -0.25) is 4.98 Å². The van der Waals surface area contributed by atoms with E-state index in [-0.39, 0.29) is 0 Å². The summed E-state index contributed by atoms with van der Waals surface area (Å²) in [6.45, 7) is 2.86. The Bertz CT molecular complexity index is 334. The molecule has 1 aromatic heterocycles. The van der Waals surface area contributed by atoms with E-state index >= 15 is 0 Å². The molecular weight excluding hydrogens is 229 g/mol. The van der Waals surface area contributed by atoms with Crippen molar-refractivity contribution in [3.05, 3.63) is 18.5 Å². The average Bonchev–Trinajstić information content (AvgIpc) is 2.38. The van der Waals surface area contributed by atoms with Crippen LogP contribution < -0.4 is 10.2 Å². The van der Waals surface area contributed by atoms with Crippen LogP contribution in [0.25, 0.3) is 0 Å². The van der Waals surface area contributed by atoms with E-state index in [0.717, 1.165) is 6.42 Å². The second kappa shape index (κ2) is 8.94. The second-order valence-corrected chi connectivity index (χ2v) is 4.44. The van der Waals surface area contributed by atoms with Gasteiger partial charge in [-0.25, -0.2) is 0 Å². The molecule has 0 atom stereocenters. The van der Waals surface area contributed by atoms with Crippen LogP contribution in [0.4, 0.5) is 0 Å². The van der Waals surface area contributed by atoms with Gasteiger partial charge in [0.15, 0.2) is 0 Å². The van der Waals surface area contributed by atoms with Gasteiger partial charge >= 0.3 is 7.12 Å². The minimum atomic E-state index is -1.49. The number of hydrogen-bond acceptors (Lipinski definition) is 4. The highest BCUT2D eigenvalue weighted by Gasteiger charge is 2.11. The number of unbranched alkanes of at least 4 members (excludes halogenated alkanes) is 5. The lowest BCUT2D eigenvalue weighted by atomic mass is 9.82. The molecular formula is C13H22BNO3. The molecule has 0 fully saturated rings. The molecule has 0 aliphatic carbocycles. The summed E-state index contributed by atoms with van der Waals surface area (Å²) in [5.41, 5.74) is 0.357. The molecule has 0 bridgehead atoms. The Kier molecular flexibility index (Phi) is 7.45. The summed E-state index contributed by atoms with van der Waals surface area (Å²) in [4.78, 5) is 3.90. The molecule has 0 aliphatic heterocycles. The molecule has 1 rings (SSSR count). The van der Waals surface area contributed by atoms with Gasteiger partial charge in [0.1, 0.15) is 5.75 Å². The highest BCUT2D eigenvalue weighted by atomic mass is 16.5. The highest BCUT2D eigenvalue weighted by Crippen LogP contribution is 2.08. The first-order chi connectivity index (χ1) is 8.74. The Hall–Kier alpha value is -1.07. The summed E-state index contributed by atoms with van der Waals surface area (Å²) >= 11 is 0. The lowest BCUT2D eigenvalue weighted by Crippen LogP contribution is -2.30. The van der Waals surface area contributed by atoms with Crippen molar-refractivity contribution < 1.29 is 14.8 Å². The number of ether oxygens (including phenoxy) is 1. The van der Waals surface area contributed by atoms with Crippen LogP contribution in [-0.2, 0) is 0 Å².